The molecule has 3 fully saturated rings. The lowest BCUT2D eigenvalue weighted by atomic mass is 9.90. The van der Waals surface area contributed by atoms with Gasteiger partial charge in [-0.2, -0.15) is 5.10 Å². The number of hydrogen-bond donors (Lipinski definition) is 1. The third kappa shape index (κ3) is 5.33. The summed E-state index contributed by atoms with van der Waals surface area (Å²) in [5, 5.41) is 8.72. The van der Waals surface area contributed by atoms with Crippen molar-refractivity contribution in [2.24, 2.45) is 30.7 Å². The number of ether oxygens (including phenoxy) is 1. The summed E-state index contributed by atoms with van der Waals surface area (Å²) in [7, 11) is -2.50. The van der Waals surface area contributed by atoms with Gasteiger partial charge < -0.3 is 9.64 Å². The van der Waals surface area contributed by atoms with Crippen LogP contribution in [0.3, 0.4) is 0 Å². The molecule has 3 aliphatic rings. The Balaban J connectivity index is 1.27. The fourth-order valence-corrected chi connectivity index (χ4v) is 8.45. The Bertz CT molecular complexity index is 1580. The Kier molecular flexibility index (Phi) is 6.87. The molecule has 220 valence electrons. The van der Waals surface area contributed by atoms with Crippen LogP contribution in [0.1, 0.15) is 68.9 Å². The highest BCUT2D eigenvalue weighted by Crippen LogP contribution is 2.48. The van der Waals surface area contributed by atoms with Gasteiger partial charge in [0.25, 0.3) is 15.9 Å². The van der Waals surface area contributed by atoms with E-state index < -0.39 is 15.9 Å². The van der Waals surface area contributed by atoms with Crippen molar-refractivity contribution in [1.29, 1.82) is 0 Å². The molecule has 0 aromatic carbocycles. The van der Waals surface area contributed by atoms with Gasteiger partial charge in [-0.05, 0) is 82.3 Å². The van der Waals surface area contributed by atoms with Gasteiger partial charge >= 0.3 is 0 Å². The summed E-state index contributed by atoms with van der Waals surface area (Å²) in [4.78, 5) is 20.4. The van der Waals surface area contributed by atoms with Gasteiger partial charge in [-0.15, -0.1) is 5.10 Å². The fraction of sp³-hybridized carbons (Fsp3) is 0.586. The number of rotatable bonds is 8. The minimum absolute atomic E-state index is 0.0379. The Morgan fingerprint density at radius 3 is 2.61 bits per heavy atom. The first kappa shape index (κ1) is 27.7. The molecule has 41 heavy (non-hydrogen) atoms. The molecule has 6 rings (SSSR count). The molecule has 2 aliphatic carbocycles. The third-order valence-corrected chi connectivity index (χ3v) is 10.5. The lowest BCUT2D eigenvalue weighted by molar-refractivity contribution is 0.0981. The van der Waals surface area contributed by atoms with Crippen LogP contribution in [-0.4, -0.2) is 57.6 Å². The van der Waals surface area contributed by atoms with Crippen molar-refractivity contribution in [3.8, 4) is 11.7 Å². The molecule has 12 heteroatoms. The molecule has 4 heterocycles. The van der Waals surface area contributed by atoms with Gasteiger partial charge in [0.1, 0.15) is 10.7 Å². The number of nitrogens with zero attached hydrogens (tertiary/aromatic N) is 6. The van der Waals surface area contributed by atoms with Gasteiger partial charge in [0, 0.05) is 37.6 Å². The number of sulfonamides is 1. The highest BCUT2D eigenvalue weighted by atomic mass is 32.2. The lowest BCUT2D eigenvalue weighted by Crippen LogP contribution is -2.41. The van der Waals surface area contributed by atoms with Gasteiger partial charge in [0.2, 0.25) is 5.88 Å². The number of aromatic nitrogens is 5. The van der Waals surface area contributed by atoms with Crippen LogP contribution in [0.25, 0.3) is 5.82 Å². The number of pyridine rings is 1. The van der Waals surface area contributed by atoms with Crippen LogP contribution in [0.2, 0.25) is 0 Å². The van der Waals surface area contributed by atoms with E-state index >= 15 is 0 Å². The number of carbonyl (C=O) groups excluding carboxylic acids is 1. The number of amides is 1. The number of fused-ring (bicyclic) bond motifs is 2. The minimum Gasteiger partial charge on any atom is -0.476 e. The maximum Gasteiger partial charge on any atom is 0.268 e. The summed E-state index contributed by atoms with van der Waals surface area (Å²) in [6.45, 7) is 9.34. The zero-order chi connectivity index (χ0) is 29.1. The topological polar surface area (TPSA) is 124 Å². The summed E-state index contributed by atoms with van der Waals surface area (Å²) in [6, 6.07) is 5.13. The Hall–Kier alpha value is -3.41. The molecule has 2 saturated carbocycles. The quantitative estimate of drug-likeness (QED) is 0.425. The van der Waals surface area contributed by atoms with Gasteiger partial charge in [-0.3, -0.25) is 9.48 Å². The van der Waals surface area contributed by atoms with Gasteiger partial charge in [-0.1, -0.05) is 13.3 Å². The largest absolute Gasteiger partial charge is 0.476 e. The third-order valence-electron chi connectivity index (χ3n) is 9.05. The molecule has 3 aromatic rings. The monoisotopic (exact) mass is 581 g/mol. The van der Waals surface area contributed by atoms with Gasteiger partial charge in [-0.25, -0.2) is 22.8 Å². The predicted molar refractivity (Wildman–Crippen MR) is 154 cm³/mol. The fourth-order valence-electron chi connectivity index (χ4n) is 7.27. The Morgan fingerprint density at radius 1 is 1.17 bits per heavy atom. The molecule has 11 nitrogen and oxygen atoms in total. The summed E-state index contributed by atoms with van der Waals surface area (Å²) in [6.07, 6.45) is 9.36. The van der Waals surface area contributed by atoms with E-state index in [1.807, 2.05) is 6.07 Å². The van der Waals surface area contributed by atoms with Crippen molar-refractivity contribution < 1.29 is 17.9 Å². The van der Waals surface area contributed by atoms with E-state index in [4.69, 9.17) is 9.72 Å². The Labute approximate surface area is 241 Å². The molecule has 1 unspecified atom stereocenters. The van der Waals surface area contributed by atoms with Crippen LogP contribution in [-0.2, 0) is 17.1 Å². The highest BCUT2D eigenvalue weighted by molar-refractivity contribution is 7.90. The summed E-state index contributed by atoms with van der Waals surface area (Å²) < 4.78 is 37.6. The van der Waals surface area contributed by atoms with E-state index in [0.717, 1.165) is 18.3 Å². The van der Waals surface area contributed by atoms with E-state index in [0.29, 0.717) is 48.2 Å². The van der Waals surface area contributed by atoms with Crippen LogP contribution >= 0.6 is 0 Å². The lowest BCUT2D eigenvalue weighted by Gasteiger charge is -2.34. The number of hydrogen-bond acceptors (Lipinski definition) is 8. The van der Waals surface area contributed by atoms with Crippen LogP contribution in [0.5, 0.6) is 5.88 Å². The van der Waals surface area contributed by atoms with Crippen LogP contribution in [0, 0.1) is 30.6 Å². The van der Waals surface area contributed by atoms with E-state index in [2.05, 4.69) is 40.6 Å². The van der Waals surface area contributed by atoms with Crippen molar-refractivity contribution >= 4 is 21.7 Å². The molecule has 4 atom stereocenters. The zero-order valence-electron chi connectivity index (χ0n) is 24.4. The highest BCUT2D eigenvalue weighted by Gasteiger charge is 2.41. The molecule has 2 bridgehead atoms. The summed E-state index contributed by atoms with van der Waals surface area (Å²) in [5.41, 5.74) is 0.215. The molecule has 0 radical (unpaired) electrons. The number of carbonyl (C=O) groups is 1. The molecule has 3 aromatic heterocycles. The molecular weight excluding hydrogens is 542 g/mol. The van der Waals surface area contributed by atoms with E-state index in [9.17, 15) is 13.2 Å². The second-order valence-corrected chi connectivity index (χ2v) is 14.5. The number of nitrogens with one attached hydrogen (secondary N) is 1. The van der Waals surface area contributed by atoms with Crippen LogP contribution < -0.4 is 14.4 Å². The molecule has 1 N–H and O–H groups in total. The number of anilines is 1. The summed E-state index contributed by atoms with van der Waals surface area (Å²) in [5.74, 6) is 3.38. The first-order chi connectivity index (χ1) is 19.4. The average Bonchev–Trinajstić information content (AvgIpc) is 3.72. The van der Waals surface area contributed by atoms with Gasteiger partial charge in [0.15, 0.2) is 5.82 Å². The first-order valence-electron chi connectivity index (χ1n) is 14.4. The van der Waals surface area contributed by atoms with E-state index in [1.54, 1.807) is 37.0 Å². The minimum atomic E-state index is -4.14. The van der Waals surface area contributed by atoms with Crippen molar-refractivity contribution in [3.05, 3.63) is 41.9 Å². The second kappa shape index (κ2) is 10.1. The standard InChI is InChI=1S/C29H39N7O4S/c1-18-14-29(3,4)35(15-18)27-23(28(37)33-41(38,39)24-16-34(5)31-19(24)2)8-9-25(30-27)36-11-10-26(32-36)40-17-22-13-20-6-7-21(22)12-20/h8-11,16,18,20-22H,6-7,12-15,17H2,1-5H3,(H,33,37)/t18-,20+,21-,22?/m0/s1. The molecular formula is C29H39N7O4S. The van der Waals surface area contributed by atoms with Gasteiger partial charge in [0.05, 0.1) is 17.9 Å². The normalized spacial score (nSPS) is 25.1. The van der Waals surface area contributed by atoms with Crippen LogP contribution in [0.4, 0.5) is 5.82 Å². The van der Waals surface area contributed by atoms with Crippen molar-refractivity contribution in [1.82, 2.24) is 29.3 Å². The molecule has 0 spiro atoms. The first-order valence-corrected chi connectivity index (χ1v) is 15.9. The zero-order valence-corrected chi connectivity index (χ0v) is 25.2. The molecule has 1 aliphatic heterocycles. The smallest absolute Gasteiger partial charge is 0.268 e. The maximum atomic E-state index is 13.5. The average molecular weight is 582 g/mol. The number of aryl methyl sites for hydroxylation is 2. The van der Waals surface area contributed by atoms with Crippen molar-refractivity contribution in [2.75, 3.05) is 18.1 Å². The summed E-state index contributed by atoms with van der Waals surface area (Å²) >= 11 is 0. The maximum absolute atomic E-state index is 13.5. The van der Waals surface area contributed by atoms with E-state index in [-0.39, 0.29) is 16.0 Å². The second-order valence-electron chi connectivity index (χ2n) is 12.8. The molecule has 1 saturated heterocycles. The molecule has 1 amide bonds. The Morgan fingerprint density at radius 2 is 1.98 bits per heavy atom. The predicted octanol–water partition coefficient (Wildman–Crippen LogP) is 3.87. The van der Waals surface area contributed by atoms with E-state index in [1.165, 1.54) is 36.6 Å². The van der Waals surface area contributed by atoms with Crippen molar-refractivity contribution in [2.45, 2.75) is 70.2 Å². The van der Waals surface area contributed by atoms with Crippen molar-refractivity contribution in [3.63, 3.8) is 0 Å². The van der Waals surface area contributed by atoms with Crippen LogP contribution in [0.15, 0.2) is 35.5 Å². The SMILES string of the molecule is Cc1nn(C)cc1S(=O)(=O)NC(=O)c1ccc(-n2ccc(OCC3C[C@@H]4CC[C@H]3C4)n2)nc1N1C[C@@H](C)CC1(C)C.